The molecule has 1 aromatic carbocycles. The van der Waals surface area contributed by atoms with Crippen LogP contribution in [0.25, 0.3) is 0 Å². The predicted octanol–water partition coefficient (Wildman–Crippen LogP) is 5.76. The summed E-state index contributed by atoms with van der Waals surface area (Å²) < 4.78 is 31.4. The molecule has 5 rings (SSSR count). The van der Waals surface area contributed by atoms with Gasteiger partial charge in [0.05, 0.1) is 31.3 Å². The summed E-state index contributed by atoms with van der Waals surface area (Å²) in [5, 5.41) is 19.4. The average molecular weight is 642 g/mol. The molecule has 2 heterocycles. The van der Waals surface area contributed by atoms with E-state index < -0.39 is 36.0 Å². The first kappa shape index (κ1) is 34.0. The number of nitrogens with zero attached hydrogens (tertiary/aromatic N) is 3. The van der Waals surface area contributed by atoms with Gasteiger partial charge < -0.3 is 20.6 Å². The van der Waals surface area contributed by atoms with E-state index in [4.69, 9.17) is 5.11 Å². The van der Waals surface area contributed by atoms with E-state index in [1.165, 1.54) is 17.0 Å². The second-order valence-corrected chi connectivity index (χ2v) is 14.0. The highest BCUT2D eigenvalue weighted by molar-refractivity contribution is 6.01. The number of carbonyl (C=O) groups is 3. The highest BCUT2D eigenvalue weighted by atomic mass is 19.1. The Labute approximate surface area is 270 Å². The Balaban J connectivity index is 1.39. The molecule has 1 aromatic heterocycles. The van der Waals surface area contributed by atoms with Crippen LogP contribution >= 0.6 is 0 Å². The number of aliphatic hydroxyl groups excluding tert-OH is 1. The van der Waals surface area contributed by atoms with Crippen LogP contribution < -0.4 is 10.6 Å². The topological polar surface area (TPSA) is 117 Å². The molecule has 3 aliphatic rings. The van der Waals surface area contributed by atoms with Crippen molar-refractivity contribution in [2.45, 2.75) is 109 Å². The molecule has 9 nitrogen and oxygen atoms in total. The summed E-state index contributed by atoms with van der Waals surface area (Å²) in [5.74, 6) is -2.15. The first-order chi connectivity index (χ1) is 22.0. The molecule has 11 heteroatoms. The zero-order chi connectivity index (χ0) is 33.0. The van der Waals surface area contributed by atoms with Gasteiger partial charge in [0, 0.05) is 12.2 Å². The summed E-state index contributed by atoms with van der Waals surface area (Å²) in [4.78, 5) is 42.2. The lowest BCUT2D eigenvalue weighted by atomic mass is 9.66. The van der Waals surface area contributed by atoms with Crippen LogP contribution in [0.3, 0.4) is 0 Å². The lowest BCUT2D eigenvalue weighted by molar-refractivity contribution is -0.150. The number of nitrogens with one attached hydrogen (secondary N) is 2. The number of hydrogen-bond donors (Lipinski definition) is 3. The van der Waals surface area contributed by atoms with Crippen LogP contribution in [0.2, 0.25) is 0 Å². The maximum Gasteiger partial charge on any atom is 0.270 e. The third kappa shape index (κ3) is 7.45. The number of aliphatic hydroxyl groups is 1. The quantitative estimate of drug-likeness (QED) is 0.289. The number of alkyl halides is 1. The van der Waals surface area contributed by atoms with Crippen molar-refractivity contribution in [2.24, 2.45) is 17.8 Å². The molecule has 2 aliphatic carbocycles. The lowest BCUT2D eigenvalue weighted by Crippen LogP contribution is -2.63. The van der Waals surface area contributed by atoms with Gasteiger partial charge in [0.15, 0.2) is 5.67 Å². The Bertz CT molecular complexity index is 1360. The van der Waals surface area contributed by atoms with Crippen molar-refractivity contribution in [1.29, 1.82) is 0 Å². The van der Waals surface area contributed by atoms with E-state index in [0.29, 0.717) is 11.3 Å². The summed E-state index contributed by atoms with van der Waals surface area (Å²) in [6.45, 7) is 4.45. The van der Waals surface area contributed by atoms with Gasteiger partial charge in [0.1, 0.15) is 17.6 Å². The molecule has 0 spiro atoms. The third-order valence-electron chi connectivity index (χ3n) is 10.4. The van der Waals surface area contributed by atoms with E-state index in [-0.39, 0.29) is 54.4 Å². The van der Waals surface area contributed by atoms with Crippen molar-refractivity contribution in [3.05, 3.63) is 47.5 Å². The summed E-state index contributed by atoms with van der Waals surface area (Å²) in [5.41, 5.74) is -1.05. The number of halogens is 2. The molecule has 3 N–H and O–H groups in total. The fraction of sp³-hybridized carbons (Fsp3) is 0.657. The maximum atomic E-state index is 15.6. The second-order valence-electron chi connectivity index (χ2n) is 14.0. The number of anilines is 1. The molecule has 3 fully saturated rings. The molecular formula is C35H49F2N5O4. The second kappa shape index (κ2) is 14.6. The van der Waals surface area contributed by atoms with Gasteiger partial charge in [-0.25, -0.2) is 8.78 Å². The number of aromatic nitrogens is 2. The zero-order valence-corrected chi connectivity index (χ0v) is 27.3. The summed E-state index contributed by atoms with van der Waals surface area (Å²) in [6, 6.07) is 4.99. The minimum absolute atomic E-state index is 0.0297. The average Bonchev–Trinajstić information content (AvgIpc) is 3.55. The van der Waals surface area contributed by atoms with Gasteiger partial charge in [-0.15, -0.1) is 0 Å². The van der Waals surface area contributed by atoms with Crippen molar-refractivity contribution < 1.29 is 28.3 Å². The van der Waals surface area contributed by atoms with Gasteiger partial charge in [-0.2, -0.15) is 5.10 Å². The number of rotatable bonds is 11. The van der Waals surface area contributed by atoms with Gasteiger partial charge in [-0.1, -0.05) is 70.3 Å². The van der Waals surface area contributed by atoms with E-state index in [2.05, 4.69) is 15.7 Å². The monoisotopic (exact) mass is 641 g/mol. The predicted molar refractivity (Wildman–Crippen MR) is 171 cm³/mol. The maximum absolute atomic E-state index is 15.6. The molecule has 2 aromatic rings. The third-order valence-corrected chi connectivity index (χ3v) is 10.4. The molecule has 0 radical (unpaired) electrons. The minimum Gasteiger partial charge on any atom is -0.393 e. The summed E-state index contributed by atoms with van der Waals surface area (Å²) >= 11 is 0. The van der Waals surface area contributed by atoms with Crippen LogP contribution in [0, 0.1) is 23.6 Å². The Kier molecular flexibility index (Phi) is 10.8. The standard InChI is InChI=1S/C35H49F2N5O4/c1-22(2)42-29(16-17-38-42)32(44)40-31(30(24-10-6-4-7-11-24)25-12-8-5-9-13-25)33(45)39-28-15-14-26(18-27(28)36)23(3)34(46)41-19-35(37,20-41)21-43/h14-18,22-25,30-31,43H,4-13,19-21H2,1-3H3,(H,39,45)(H,40,44). The highest BCUT2D eigenvalue weighted by Gasteiger charge is 2.46. The van der Waals surface area contributed by atoms with Crippen molar-refractivity contribution in [3.8, 4) is 0 Å². The Morgan fingerprint density at radius 3 is 2.13 bits per heavy atom. The van der Waals surface area contributed by atoms with Crippen LogP contribution in [-0.2, 0) is 9.59 Å². The summed E-state index contributed by atoms with van der Waals surface area (Å²) in [6.07, 6.45) is 12.3. The molecule has 46 heavy (non-hydrogen) atoms. The van der Waals surface area contributed by atoms with Crippen molar-refractivity contribution in [1.82, 2.24) is 20.0 Å². The Morgan fingerprint density at radius 1 is 0.978 bits per heavy atom. The van der Waals surface area contributed by atoms with E-state index in [9.17, 15) is 18.8 Å². The van der Waals surface area contributed by atoms with E-state index in [0.717, 1.165) is 64.2 Å². The molecular weight excluding hydrogens is 592 g/mol. The molecule has 252 valence electrons. The SMILES string of the molecule is CC(C(=O)N1CC(F)(CO)C1)c1ccc(NC(=O)C(NC(=O)c2ccnn2C(C)C)C(C2CCCCC2)C2CCCCC2)c(F)c1. The van der Waals surface area contributed by atoms with E-state index >= 15 is 4.39 Å². The van der Waals surface area contributed by atoms with Crippen LogP contribution in [0.5, 0.6) is 0 Å². The van der Waals surface area contributed by atoms with Gasteiger partial charge in [0.2, 0.25) is 11.8 Å². The van der Waals surface area contributed by atoms with Crippen molar-refractivity contribution in [2.75, 3.05) is 25.0 Å². The Morgan fingerprint density at radius 2 is 1.59 bits per heavy atom. The zero-order valence-electron chi connectivity index (χ0n) is 27.3. The van der Waals surface area contributed by atoms with Gasteiger partial charge in [-0.3, -0.25) is 19.1 Å². The number of carbonyl (C=O) groups excluding carboxylic acids is 3. The first-order valence-electron chi connectivity index (χ1n) is 17.0. The van der Waals surface area contributed by atoms with Crippen molar-refractivity contribution in [3.63, 3.8) is 0 Å². The van der Waals surface area contributed by atoms with Crippen LogP contribution in [0.15, 0.2) is 30.5 Å². The smallest absolute Gasteiger partial charge is 0.270 e. The number of likely N-dealkylation sites (tertiary alicyclic amines) is 1. The highest BCUT2D eigenvalue weighted by Crippen LogP contribution is 2.42. The molecule has 2 saturated carbocycles. The molecule has 2 unspecified atom stereocenters. The number of hydrogen-bond acceptors (Lipinski definition) is 5. The lowest BCUT2D eigenvalue weighted by Gasteiger charge is -2.44. The first-order valence-corrected chi connectivity index (χ1v) is 17.0. The molecule has 0 bridgehead atoms. The van der Waals surface area contributed by atoms with Crippen molar-refractivity contribution >= 4 is 23.4 Å². The van der Waals surface area contributed by atoms with Gasteiger partial charge in [0.25, 0.3) is 5.91 Å². The Hall–Kier alpha value is -3.34. The van der Waals surface area contributed by atoms with Crippen LogP contribution in [-0.4, -0.2) is 68.9 Å². The largest absolute Gasteiger partial charge is 0.393 e. The molecule has 1 aliphatic heterocycles. The summed E-state index contributed by atoms with van der Waals surface area (Å²) in [7, 11) is 0. The van der Waals surface area contributed by atoms with Crippen LogP contribution in [0.1, 0.15) is 113 Å². The number of benzene rings is 1. The van der Waals surface area contributed by atoms with Crippen LogP contribution in [0.4, 0.5) is 14.5 Å². The van der Waals surface area contributed by atoms with E-state index in [1.807, 2.05) is 13.8 Å². The van der Waals surface area contributed by atoms with E-state index in [1.54, 1.807) is 29.9 Å². The molecule has 1 saturated heterocycles. The normalized spacial score (nSPS) is 20.3. The minimum atomic E-state index is -1.79. The van der Waals surface area contributed by atoms with Gasteiger partial charge in [-0.05, 0) is 62.3 Å². The van der Waals surface area contributed by atoms with Gasteiger partial charge >= 0.3 is 0 Å². The molecule has 3 amide bonds. The fourth-order valence-corrected chi connectivity index (χ4v) is 7.85. The molecule has 2 atom stereocenters. The number of amides is 3. The fourth-order valence-electron chi connectivity index (χ4n) is 7.85.